The van der Waals surface area contributed by atoms with Crippen LogP contribution < -0.4 is 0 Å². The summed E-state index contributed by atoms with van der Waals surface area (Å²) in [5, 5.41) is 0. The first-order valence-electron chi connectivity index (χ1n) is 5.80. The third kappa shape index (κ3) is 2.89. The molecule has 0 saturated heterocycles. The van der Waals surface area contributed by atoms with Crippen molar-refractivity contribution in [2.75, 3.05) is 20.3 Å². The lowest BCUT2D eigenvalue weighted by atomic mass is 10.1. The number of ether oxygens (including phenoxy) is 3. The number of rotatable bonds is 4. The fourth-order valence-corrected chi connectivity index (χ4v) is 1.69. The first-order chi connectivity index (χ1) is 9.18. The molecule has 0 aliphatic carbocycles. The lowest BCUT2D eigenvalue weighted by molar-refractivity contribution is -0.226. The normalized spacial score (nSPS) is 22.3. The van der Waals surface area contributed by atoms with Gasteiger partial charge in [-0.2, -0.15) is 0 Å². The van der Waals surface area contributed by atoms with Crippen LogP contribution in [-0.2, 0) is 19.0 Å². The highest BCUT2D eigenvalue weighted by atomic mass is 16.7. The van der Waals surface area contributed by atoms with E-state index >= 15 is 0 Å². The Morgan fingerprint density at radius 2 is 2.11 bits per heavy atom. The predicted molar refractivity (Wildman–Crippen MR) is 66.6 cm³/mol. The largest absolute Gasteiger partial charge is 0.456 e. The Bertz CT molecular complexity index is 494. The molecule has 100 valence electrons. The highest BCUT2D eigenvalue weighted by Crippen LogP contribution is 2.19. The maximum absolute atomic E-state index is 11.8. The van der Waals surface area contributed by atoms with Gasteiger partial charge in [0.25, 0.3) is 5.79 Å². The third-order valence-corrected chi connectivity index (χ3v) is 2.79. The van der Waals surface area contributed by atoms with E-state index in [1.54, 1.807) is 36.4 Å². The summed E-state index contributed by atoms with van der Waals surface area (Å²) in [6, 6.07) is 8.52. The van der Waals surface area contributed by atoms with E-state index in [4.69, 9.17) is 14.2 Å². The molecule has 0 bridgehead atoms. The van der Waals surface area contributed by atoms with Crippen molar-refractivity contribution in [2.45, 2.75) is 5.79 Å². The van der Waals surface area contributed by atoms with Crippen molar-refractivity contribution in [3.63, 3.8) is 0 Å². The second-order valence-corrected chi connectivity index (χ2v) is 3.98. The highest BCUT2D eigenvalue weighted by molar-refractivity contribution is 5.97. The fourth-order valence-electron chi connectivity index (χ4n) is 1.69. The number of benzene rings is 1. The van der Waals surface area contributed by atoms with Crippen LogP contribution in [0.3, 0.4) is 0 Å². The topological polar surface area (TPSA) is 61.8 Å². The quantitative estimate of drug-likeness (QED) is 0.766. The fraction of sp³-hybridized carbons (Fsp3) is 0.286. The van der Waals surface area contributed by atoms with Crippen LogP contribution in [0, 0.1) is 0 Å². The highest BCUT2D eigenvalue weighted by Gasteiger charge is 2.41. The van der Waals surface area contributed by atoms with Crippen molar-refractivity contribution in [3.8, 4) is 0 Å². The first kappa shape index (κ1) is 13.5. The molecule has 2 rings (SSSR count). The predicted octanol–water partition coefficient (Wildman–Crippen LogP) is 1.34. The first-order valence-corrected chi connectivity index (χ1v) is 5.80. The van der Waals surface area contributed by atoms with Crippen LogP contribution in [0.25, 0.3) is 0 Å². The third-order valence-electron chi connectivity index (χ3n) is 2.79. The molecule has 1 heterocycles. The van der Waals surface area contributed by atoms with E-state index in [1.165, 1.54) is 13.2 Å². The maximum atomic E-state index is 11.8. The summed E-state index contributed by atoms with van der Waals surface area (Å²) in [7, 11) is 1.34. The van der Waals surface area contributed by atoms with Gasteiger partial charge >= 0.3 is 5.97 Å². The average molecular weight is 262 g/mol. The Balaban J connectivity index is 2.03. The number of hydrogen-bond donors (Lipinski definition) is 0. The number of ketones is 1. The van der Waals surface area contributed by atoms with Crippen molar-refractivity contribution in [1.29, 1.82) is 0 Å². The minimum Gasteiger partial charge on any atom is -0.456 e. The zero-order valence-corrected chi connectivity index (χ0v) is 10.5. The Kier molecular flexibility index (Phi) is 4.09. The van der Waals surface area contributed by atoms with Crippen LogP contribution in [0.4, 0.5) is 0 Å². The molecule has 1 aromatic rings. The van der Waals surface area contributed by atoms with E-state index in [1.807, 2.05) is 0 Å². The number of esters is 1. The van der Waals surface area contributed by atoms with Gasteiger partial charge in [0.2, 0.25) is 5.78 Å². The van der Waals surface area contributed by atoms with E-state index in [2.05, 4.69) is 0 Å². The van der Waals surface area contributed by atoms with Crippen molar-refractivity contribution in [3.05, 3.63) is 48.0 Å². The van der Waals surface area contributed by atoms with Crippen LogP contribution in [-0.4, -0.2) is 37.9 Å². The monoisotopic (exact) mass is 262 g/mol. The molecule has 0 radical (unpaired) electrons. The average Bonchev–Trinajstić information content (AvgIpc) is 2.47. The van der Waals surface area contributed by atoms with Gasteiger partial charge in [0.15, 0.2) is 6.61 Å². The number of methoxy groups -OCH3 is 1. The van der Waals surface area contributed by atoms with E-state index in [-0.39, 0.29) is 19.0 Å². The van der Waals surface area contributed by atoms with Gasteiger partial charge in [-0.3, -0.25) is 4.79 Å². The summed E-state index contributed by atoms with van der Waals surface area (Å²) in [5.74, 6) is -2.43. The lowest BCUT2D eigenvalue weighted by Crippen LogP contribution is -2.49. The summed E-state index contributed by atoms with van der Waals surface area (Å²) in [6.07, 6.45) is 2.95. The smallest absolute Gasteiger partial charge is 0.338 e. The van der Waals surface area contributed by atoms with Gasteiger partial charge in [0.05, 0.1) is 12.2 Å². The van der Waals surface area contributed by atoms with Crippen LogP contribution in [0.15, 0.2) is 42.5 Å². The second-order valence-electron chi connectivity index (χ2n) is 3.98. The molecule has 5 nitrogen and oxygen atoms in total. The summed E-state index contributed by atoms with van der Waals surface area (Å²) >= 11 is 0. The molecule has 0 saturated carbocycles. The summed E-state index contributed by atoms with van der Waals surface area (Å²) < 4.78 is 15.4. The molecular weight excluding hydrogens is 248 g/mol. The van der Waals surface area contributed by atoms with Crippen molar-refractivity contribution < 1.29 is 23.8 Å². The molecule has 0 amide bonds. The van der Waals surface area contributed by atoms with Gasteiger partial charge in [-0.05, 0) is 18.2 Å². The SMILES string of the molecule is COC1(COC(=O)c2ccccc2)OCC=CC1=O. The van der Waals surface area contributed by atoms with Gasteiger partial charge in [-0.25, -0.2) is 4.79 Å². The van der Waals surface area contributed by atoms with Gasteiger partial charge in [0.1, 0.15) is 0 Å². The Labute approximate surface area is 110 Å². The molecule has 1 aliphatic heterocycles. The van der Waals surface area contributed by atoms with Gasteiger partial charge in [-0.15, -0.1) is 0 Å². The molecule has 0 fully saturated rings. The standard InChI is InChI=1S/C14H14O5/c1-17-14(12(15)8-5-9-19-14)10-18-13(16)11-6-3-2-4-7-11/h2-8H,9-10H2,1H3. The molecular formula is C14H14O5. The zero-order valence-electron chi connectivity index (χ0n) is 10.5. The summed E-state index contributed by atoms with van der Waals surface area (Å²) in [4.78, 5) is 23.6. The Morgan fingerprint density at radius 1 is 1.37 bits per heavy atom. The lowest BCUT2D eigenvalue weighted by Gasteiger charge is -2.30. The molecule has 0 N–H and O–H groups in total. The minimum absolute atomic E-state index is 0.239. The Hall–Kier alpha value is -1.98. The van der Waals surface area contributed by atoms with Crippen molar-refractivity contribution >= 4 is 11.8 Å². The molecule has 0 aromatic heterocycles. The minimum atomic E-state index is -1.53. The van der Waals surface area contributed by atoms with Crippen LogP contribution in [0.2, 0.25) is 0 Å². The van der Waals surface area contributed by atoms with E-state index in [0.717, 1.165) is 0 Å². The van der Waals surface area contributed by atoms with Crippen LogP contribution >= 0.6 is 0 Å². The Morgan fingerprint density at radius 3 is 2.74 bits per heavy atom. The van der Waals surface area contributed by atoms with E-state index < -0.39 is 11.8 Å². The number of carbonyl (C=O) groups excluding carboxylic acids is 2. The van der Waals surface area contributed by atoms with Crippen LogP contribution in [0.1, 0.15) is 10.4 Å². The molecule has 1 unspecified atom stereocenters. The molecule has 0 spiro atoms. The summed E-state index contributed by atoms with van der Waals surface area (Å²) in [5.41, 5.74) is 0.410. The second kappa shape index (κ2) is 5.77. The van der Waals surface area contributed by atoms with Gasteiger partial charge in [-0.1, -0.05) is 24.3 Å². The number of hydrogen-bond acceptors (Lipinski definition) is 5. The van der Waals surface area contributed by atoms with E-state index in [0.29, 0.717) is 5.56 Å². The van der Waals surface area contributed by atoms with Crippen molar-refractivity contribution in [2.24, 2.45) is 0 Å². The van der Waals surface area contributed by atoms with Crippen LogP contribution in [0.5, 0.6) is 0 Å². The van der Waals surface area contributed by atoms with Crippen molar-refractivity contribution in [1.82, 2.24) is 0 Å². The molecule has 19 heavy (non-hydrogen) atoms. The molecule has 1 aliphatic rings. The molecule has 5 heteroatoms. The van der Waals surface area contributed by atoms with Gasteiger partial charge < -0.3 is 14.2 Å². The van der Waals surface area contributed by atoms with Gasteiger partial charge in [0, 0.05) is 7.11 Å². The summed E-state index contributed by atoms with van der Waals surface area (Å²) in [6.45, 7) is -0.0388. The zero-order chi connectivity index (χ0) is 13.7. The maximum Gasteiger partial charge on any atom is 0.338 e. The molecule has 1 aromatic carbocycles. The number of carbonyl (C=O) groups is 2. The van der Waals surface area contributed by atoms with E-state index in [9.17, 15) is 9.59 Å². The molecule has 1 atom stereocenters.